The molecule has 2 nitrogen and oxygen atoms in total. The van der Waals surface area contributed by atoms with Gasteiger partial charge in [0.15, 0.2) is 0 Å². The van der Waals surface area contributed by atoms with Gasteiger partial charge >= 0.3 is 0 Å². The molecule has 1 N–H and O–H groups in total. The Morgan fingerprint density at radius 2 is 2.00 bits per heavy atom. The van der Waals surface area contributed by atoms with E-state index in [1.807, 2.05) is 23.9 Å². The molecule has 108 valence electrons. The van der Waals surface area contributed by atoms with E-state index in [2.05, 4.69) is 29.8 Å². The van der Waals surface area contributed by atoms with Gasteiger partial charge in [0.2, 0.25) is 0 Å². The minimum Gasteiger partial charge on any atom is -0.460 e. The summed E-state index contributed by atoms with van der Waals surface area (Å²) < 4.78 is 6.30. The molecule has 3 heteroatoms. The maximum absolute atomic E-state index is 5.85. The van der Waals surface area contributed by atoms with Crippen LogP contribution in [0.4, 0.5) is 0 Å². The van der Waals surface area contributed by atoms with Crippen molar-refractivity contribution < 1.29 is 4.42 Å². The smallest absolute Gasteiger partial charge is 0.134 e. The lowest BCUT2D eigenvalue weighted by molar-refractivity contribution is 0.373. The van der Waals surface area contributed by atoms with Gasteiger partial charge in [-0.1, -0.05) is 37.5 Å². The normalized spacial score (nSPS) is 18.4. The lowest BCUT2D eigenvalue weighted by Crippen LogP contribution is -2.39. The molecule has 0 saturated heterocycles. The molecule has 1 fully saturated rings. The molecule has 0 aliphatic heterocycles. The molecule has 20 heavy (non-hydrogen) atoms. The summed E-state index contributed by atoms with van der Waals surface area (Å²) in [6.45, 7) is 1.92. The third-order valence-corrected chi connectivity index (χ3v) is 5.84. The van der Waals surface area contributed by atoms with Crippen LogP contribution in [0.3, 0.4) is 0 Å². The summed E-state index contributed by atoms with van der Waals surface area (Å²) in [6.07, 6.45) is 9.13. The zero-order valence-corrected chi connectivity index (χ0v) is 13.0. The lowest BCUT2D eigenvalue weighted by atomic mass is 9.88. The Morgan fingerprint density at radius 1 is 1.20 bits per heavy atom. The number of fused-ring (bicyclic) bond motifs is 1. The van der Waals surface area contributed by atoms with Crippen molar-refractivity contribution in [3.05, 3.63) is 36.1 Å². The highest BCUT2D eigenvalue weighted by molar-refractivity contribution is 8.00. The minimum absolute atomic E-state index is 0.449. The molecule has 1 heterocycles. The topological polar surface area (TPSA) is 25.2 Å². The molecule has 1 aliphatic rings. The number of nitrogens with one attached hydrogen (secondary N) is 1. The summed E-state index contributed by atoms with van der Waals surface area (Å²) >= 11 is 2.04. The molecular weight excluding hydrogens is 266 g/mol. The van der Waals surface area contributed by atoms with Crippen LogP contribution in [0.2, 0.25) is 0 Å². The van der Waals surface area contributed by atoms with Crippen molar-refractivity contribution in [2.24, 2.45) is 0 Å². The van der Waals surface area contributed by atoms with E-state index in [1.54, 1.807) is 0 Å². The average Bonchev–Trinajstić information content (AvgIpc) is 2.91. The van der Waals surface area contributed by atoms with Crippen molar-refractivity contribution in [2.45, 2.75) is 43.4 Å². The van der Waals surface area contributed by atoms with Gasteiger partial charge in [-0.05, 0) is 31.2 Å². The Balaban J connectivity index is 1.58. The van der Waals surface area contributed by atoms with Crippen molar-refractivity contribution >= 4 is 22.7 Å². The van der Waals surface area contributed by atoms with Crippen LogP contribution in [0.15, 0.2) is 34.7 Å². The summed E-state index contributed by atoms with van der Waals surface area (Å²) in [5, 5.41) is 4.81. The summed E-state index contributed by atoms with van der Waals surface area (Å²) in [7, 11) is 0. The predicted molar refractivity (Wildman–Crippen MR) is 87.3 cm³/mol. The fraction of sp³-hybridized carbons (Fsp3) is 0.529. The third kappa shape index (κ3) is 3.04. The van der Waals surface area contributed by atoms with E-state index in [-0.39, 0.29) is 0 Å². The van der Waals surface area contributed by atoms with Crippen molar-refractivity contribution in [3.63, 3.8) is 0 Å². The van der Waals surface area contributed by atoms with Crippen LogP contribution >= 0.6 is 11.8 Å². The first-order chi connectivity index (χ1) is 9.81. The van der Waals surface area contributed by atoms with Gasteiger partial charge < -0.3 is 9.73 Å². The summed E-state index contributed by atoms with van der Waals surface area (Å²) in [5.74, 6) is 1.04. The van der Waals surface area contributed by atoms with Crippen molar-refractivity contribution in [1.82, 2.24) is 5.32 Å². The molecule has 1 aromatic carbocycles. The SMILES string of the molecule is CSC1(CNCc2cc3ccccc3o2)CCCCC1. The number of thioether (sulfide) groups is 1. The molecule has 1 aromatic heterocycles. The second-order valence-electron chi connectivity index (χ2n) is 5.80. The maximum Gasteiger partial charge on any atom is 0.134 e. The van der Waals surface area contributed by atoms with Crippen LogP contribution in [0.5, 0.6) is 0 Å². The van der Waals surface area contributed by atoms with Gasteiger partial charge in [0.25, 0.3) is 0 Å². The van der Waals surface area contributed by atoms with Crippen LogP contribution in [-0.4, -0.2) is 17.5 Å². The van der Waals surface area contributed by atoms with Crippen molar-refractivity contribution in [3.8, 4) is 0 Å². The molecule has 0 atom stereocenters. The van der Waals surface area contributed by atoms with E-state index in [1.165, 1.54) is 37.5 Å². The summed E-state index contributed by atoms with van der Waals surface area (Å²) in [6, 6.07) is 10.4. The third-order valence-electron chi connectivity index (χ3n) is 4.42. The Bertz CT molecular complexity index is 524. The van der Waals surface area contributed by atoms with Gasteiger partial charge in [0.1, 0.15) is 11.3 Å². The van der Waals surface area contributed by atoms with E-state index in [4.69, 9.17) is 4.42 Å². The molecule has 0 spiro atoms. The van der Waals surface area contributed by atoms with Crippen LogP contribution in [0.1, 0.15) is 37.9 Å². The van der Waals surface area contributed by atoms with Gasteiger partial charge in [0, 0.05) is 16.7 Å². The minimum atomic E-state index is 0.449. The van der Waals surface area contributed by atoms with Crippen LogP contribution in [-0.2, 0) is 6.54 Å². The van der Waals surface area contributed by atoms with Crippen molar-refractivity contribution in [1.29, 1.82) is 0 Å². The molecule has 0 amide bonds. The van der Waals surface area contributed by atoms with Gasteiger partial charge in [0.05, 0.1) is 6.54 Å². The van der Waals surface area contributed by atoms with Crippen LogP contribution < -0.4 is 5.32 Å². The maximum atomic E-state index is 5.85. The molecule has 3 rings (SSSR count). The number of hydrogen-bond acceptors (Lipinski definition) is 3. The monoisotopic (exact) mass is 289 g/mol. The number of hydrogen-bond donors (Lipinski definition) is 1. The fourth-order valence-electron chi connectivity index (χ4n) is 3.19. The second kappa shape index (κ2) is 6.23. The van der Waals surface area contributed by atoms with E-state index < -0.39 is 0 Å². The average molecular weight is 289 g/mol. The summed E-state index contributed by atoms with van der Waals surface area (Å²) in [4.78, 5) is 0. The lowest BCUT2D eigenvalue weighted by Gasteiger charge is -2.35. The second-order valence-corrected chi connectivity index (χ2v) is 7.08. The quantitative estimate of drug-likeness (QED) is 0.871. The molecule has 0 unspecified atom stereocenters. The molecule has 1 aliphatic carbocycles. The van der Waals surface area contributed by atoms with Gasteiger partial charge in [-0.25, -0.2) is 0 Å². The molecule has 0 bridgehead atoms. The molecule has 1 saturated carbocycles. The van der Waals surface area contributed by atoms with Gasteiger partial charge in [-0.15, -0.1) is 0 Å². The van der Waals surface area contributed by atoms with Crippen LogP contribution in [0.25, 0.3) is 11.0 Å². The molecule has 2 aromatic rings. The van der Waals surface area contributed by atoms with Crippen molar-refractivity contribution in [2.75, 3.05) is 12.8 Å². The molecular formula is C17H23NOS. The zero-order chi connectivity index (χ0) is 13.8. The standard InChI is InChI=1S/C17H23NOS/c1-20-17(9-5-2-6-10-17)13-18-12-15-11-14-7-3-4-8-16(14)19-15/h3-4,7-8,11,18H,2,5-6,9-10,12-13H2,1H3. The van der Waals surface area contributed by atoms with E-state index in [0.717, 1.165) is 24.4 Å². The Labute approximate surface area is 125 Å². The Hall–Kier alpha value is -0.930. The van der Waals surface area contributed by atoms with Crippen LogP contribution in [0, 0.1) is 0 Å². The highest BCUT2D eigenvalue weighted by Gasteiger charge is 2.30. The number of para-hydroxylation sites is 1. The molecule has 0 radical (unpaired) electrons. The van der Waals surface area contributed by atoms with E-state index in [0.29, 0.717) is 4.75 Å². The number of furan rings is 1. The summed E-state index contributed by atoms with van der Waals surface area (Å²) in [5.41, 5.74) is 0.988. The van der Waals surface area contributed by atoms with E-state index >= 15 is 0 Å². The highest BCUT2D eigenvalue weighted by Crippen LogP contribution is 2.38. The van der Waals surface area contributed by atoms with E-state index in [9.17, 15) is 0 Å². The Kier molecular flexibility index (Phi) is 4.37. The number of rotatable bonds is 5. The predicted octanol–water partition coefficient (Wildman–Crippen LogP) is 4.59. The first-order valence-electron chi connectivity index (χ1n) is 7.55. The zero-order valence-electron chi connectivity index (χ0n) is 12.2. The first kappa shape index (κ1) is 14.0. The largest absolute Gasteiger partial charge is 0.460 e. The van der Waals surface area contributed by atoms with Gasteiger partial charge in [-0.2, -0.15) is 11.8 Å². The first-order valence-corrected chi connectivity index (χ1v) is 8.77. The highest BCUT2D eigenvalue weighted by atomic mass is 32.2. The van der Waals surface area contributed by atoms with Gasteiger partial charge in [-0.3, -0.25) is 0 Å². The fourth-order valence-corrected chi connectivity index (χ4v) is 4.13. The Morgan fingerprint density at radius 3 is 2.75 bits per heavy atom. The number of benzene rings is 1.